The van der Waals surface area contributed by atoms with E-state index in [4.69, 9.17) is 0 Å². The lowest BCUT2D eigenvalue weighted by Gasteiger charge is -2.26. The number of hydrogen-bond acceptors (Lipinski definition) is 6. The van der Waals surface area contributed by atoms with E-state index in [0.29, 0.717) is 11.1 Å². The highest BCUT2D eigenvalue weighted by Crippen LogP contribution is 2.39. The van der Waals surface area contributed by atoms with Gasteiger partial charge >= 0.3 is 5.69 Å². The number of nitrogens with zero attached hydrogens (tertiary/aromatic N) is 5. The second-order valence-corrected chi connectivity index (χ2v) is 6.84. The largest absolute Gasteiger partial charge is 0.355 e. The van der Waals surface area contributed by atoms with Gasteiger partial charge in [-0.15, -0.1) is 5.10 Å². The molecule has 1 saturated heterocycles. The van der Waals surface area contributed by atoms with Gasteiger partial charge in [0.25, 0.3) is 5.56 Å². The number of fused-ring (bicyclic) bond motifs is 1. The SMILES string of the molecule is CCC1(CC)CCN(c2ncnc3nn(-c4c[nH]c(=O)[nH]c4=O)cc23)C1. The van der Waals surface area contributed by atoms with Crippen molar-refractivity contribution in [2.24, 2.45) is 5.41 Å². The Hall–Kier alpha value is -2.97. The minimum Gasteiger partial charge on any atom is -0.355 e. The van der Waals surface area contributed by atoms with Gasteiger partial charge in [0.15, 0.2) is 5.65 Å². The summed E-state index contributed by atoms with van der Waals surface area (Å²) in [5, 5.41) is 5.17. The Morgan fingerprint density at radius 1 is 1.23 bits per heavy atom. The molecular formula is C17H21N7O2. The first-order valence-corrected chi connectivity index (χ1v) is 8.83. The molecule has 26 heavy (non-hydrogen) atoms. The summed E-state index contributed by atoms with van der Waals surface area (Å²) in [5.41, 5.74) is 0.0119. The van der Waals surface area contributed by atoms with Gasteiger partial charge in [-0.1, -0.05) is 13.8 Å². The lowest BCUT2D eigenvalue weighted by Crippen LogP contribution is -2.26. The third-order valence-electron chi connectivity index (χ3n) is 5.58. The number of hydrogen-bond donors (Lipinski definition) is 2. The summed E-state index contributed by atoms with van der Waals surface area (Å²) in [5.74, 6) is 0.839. The quantitative estimate of drug-likeness (QED) is 0.727. The molecule has 1 fully saturated rings. The first-order valence-electron chi connectivity index (χ1n) is 8.83. The lowest BCUT2D eigenvalue weighted by molar-refractivity contribution is 0.301. The zero-order chi connectivity index (χ0) is 18.3. The van der Waals surface area contributed by atoms with Crippen LogP contribution in [0.2, 0.25) is 0 Å². The van der Waals surface area contributed by atoms with Gasteiger partial charge < -0.3 is 9.88 Å². The van der Waals surface area contributed by atoms with Crippen LogP contribution in [0.15, 0.2) is 28.3 Å². The number of nitrogens with one attached hydrogen (secondary N) is 2. The van der Waals surface area contributed by atoms with E-state index >= 15 is 0 Å². The first-order chi connectivity index (χ1) is 12.5. The molecular weight excluding hydrogens is 334 g/mol. The fourth-order valence-corrected chi connectivity index (χ4v) is 3.72. The summed E-state index contributed by atoms with van der Waals surface area (Å²) in [6, 6.07) is 0. The summed E-state index contributed by atoms with van der Waals surface area (Å²) in [6.07, 6.45) is 8.00. The minimum atomic E-state index is -0.552. The number of anilines is 1. The van der Waals surface area contributed by atoms with Gasteiger partial charge in [-0.05, 0) is 24.7 Å². The van der Waals surface area contributed by atoms with Gasteiger partial charge in [0, 0.05) is 25.5 Å². The molecule has 0 atom stereocenters. The van der Waals surface area contributed by atoms with Crippen molar-refractivity contribution in [3.05, 3.63) is 39.6 Å². The van der Waals surface area contributed by atoms with Crippen molar-refractivity contribution >= 4 is 16.9 Å². The van der Waals surface area contributed by atoms with Gasteiger partial charge in [-0.25, -0.2) is 19.4 Å². The molecule has 0 saturated carbocycles. The molecule has 1 aliphatic heterocycles. The number of rotatable bonds is 4. The fourth-order valence-electron chi connectivity index (χ4n) is 3.72. The van der Waals surface area contributed by atoms with Gasteiger partial charge in [-0.3, -0.25) is 9.78 Å². The Morgan fingerprint density at radius 2 is 2.04 bits per heavy atom. The number of H-pyrrole nitrogens is 2. The highest BCUT2D eigenvalue weighted by molar-refractivity contribution is 5.86. The van der Waals surface area contributed by atoms with E-state index in [2.05, 4.69) is 43.8 Å². The van der Waals surface area contributed by atoms with E-state index in [0.717, 1.165) is 43.6 Å². The van der Waals surface area contributed by atoms with Crippen LogP contribution in [0.25, 0.3) is 16.7 Å². The molecule has 9 nitrogen and oxygen atoms in total. The van der Waals surface area contributed by atoms with Gasteiger partial charge in [0.05, 0.1) is 5.39 Å². The normalized spacial score (nSPS) is 16.5. The molecule has 0 aliphatic carbocycles. The second kappa shape index (κ2) is 6.08. The highest BCUT2D eigenvalue weighted by Gasteiger charge is 2.36. The van der Waals surface area contributed by atoms with Crippen LogP contribution in [0, 0.1) is 5.41 Å². The molecule has 3 aromatic heterocycles. The van der Waals surface area contributed by atoms with E-state index < -0.39 is 11.2 Å². The Labute approximate surface area is 149 Å². The number of aromatic nitrogens is 6. The molecule has 0 radical (unpaired) electrons. The van der Waals surface area contributed by atoms with Crippen LogP contribution in [0.1, 0.15) is 33.1 Å². The first kappa shape index (κ1) is 16.5. The maximum absolute atomic E-state index is 12.0. The molecule has 2 N–H and O–H groups in total. The van der Waals surface area contributed by atoms with Crippen LogP contribution in [0.4, 0.5) is 5.82 Å². The van der Waals surface area contributed by atoms with Gasteiger partial charge in [0.2, 0.25) is 0 Å². The van der Waals surface area contributed by atoms with Gasteiger partial charge in [-0.2, -0.15) is 0 Å². The molecule has 0 aromatic carbocycles. The summed E-state index contributed by atoms with van der Waals surface area (Å²) >= 11 is 0. The van der Waals surface area contributed by atoms with Crippen molar-refractivity contribution in [2.75, 3.05) is 18.0 Å². The van der Waals surface area contributed by atoms with E-state index in [9.17, 15) is 9.59 Å². The highest BCUT2D eigenvalue weighted by atomic mass is 16.2. The molecule has 9 heteroatoms. The van der Waals surface area contributed by atoms with Crippen LogP contribution < -0.4 is 16.1 Å². The zero-order valence-electron chi connectivity index (χ0n) is 14.8. The van der Waals surface area contributed by atoms with Crippen molar-refractivity contribution in [3.63, 3.8) is 0 Å². The molecule has 4 heterocycles. The van der Waals surface area contributed by atoms with E-state index in [-0.39, 0.29) is 5.69 Å². The van der Waals surface area contributed by atoms with Crippen LogP contribution in [-0.4, -0.2) is 42.8 Å². The molecule has 0 bridgehead atoms. The summed E-state index contributed by atoms with van der Waals surface area (Å²) < 4.78 is 1.43. The molecule has 3 aromatic rings. The summed E-state index contributed by atoms with van der Waals surface area (Å²) in [4.78, 5) is 38.9. The maximum Gasteiger partial charge on any atom is 0.325 e. The molecule has 1 aliphatic rings. The predicted octanol–water partition coefficient (Wildman–Crippen LogP) is 1.21. The van der Waals surface area contributed by atoms with E-state index in [1.165, 1.54) is 17.2 Å². The molecule has 136 valence electrons. The van der Waals surface area contributed by atoms with Crippen molar-refractivity contribution in [3.8, 4) is 5.69 Å². The lowest BCUT2D eigenvalue weighted by atomic mass is 9.82. The Bertz CT molecular complexity index is 1060. The standard InChI is InChI=1S/C17H21N7O2/c1-3-17(4-2)5-6-23(9-17)14-11-8-24(22-13(11)19-10-20-14)12-7-18-16(26)21-15(12)25/h7-8,10H,3-6,9H2,1-2H3,(H2,18,21,25,26). The topological polar surface area (TPSA) is 113 Å². The predicted molar refractivity (Wildman–Crippen MR) is 97.7 cm³/mol. The summed E-state index contributed by atoms with van der Waals surface area (Å²) in [6.45, 7) is 6.38. The molecule has 0 unspecified atom stereocenters. The van der Waals surface area contributed by atoms with Crippen LogP contribution in [-0.2, 0) is 0 Å². The van der Waals surface area contributed by atoms with E-state index in [1.54, 1.807) is 6.20 Å². The second-order valence-electron chi connectivity index (χ2n) is 6.84. The zero-order valence-corrected chi connectivity index (χ0v) is 14.8. The van der Waals surface area contributed by atoms with Crippen LogP contribution in [0.3, 0.4) is 0 Å². The average molecular weight is 355 g/mol. The molecule has 0 amide bonds. The smallest absolute Gasteiger partial charge is 0.325 e. The van der Waals surface area contributed by atoms with Crippen molar-refractivity contribution in [1.29, 1.82) is 0 Å². The van der Waals surface area contributed by atoms with Gasteiger partial charge in [0.1, 0.15) is 17.8 Å². The number of aromatic amines is 2. The molecule has 4 rings (SSSR count). The van der Waals surface area contributed by atoms with Crippen LogP contribution >= 0.6 is 0 Å². The van der Waals surface area contributed by atoms with E-state index in [1.807, 2.05) is 0 Å². The van der Waals surface area contributed by atoms with Crippen molar-refractivity contribution in [2.45, 2.75) is 33.1 Å². The third kappa shape index (κ3) is 2.59. The van der Waals surface area contributed by atoms with Crippen molar-refractivity contribution in [1.82, 2.24) is 29.7 Å². The summed E-state index contributed by atoms with van der Waals surface area (Å²) in [7, 11) is 0. The maximum atomic E-state index is 12.0. The monoisotopic (exact) mass is 355 g/mol. The Morgan fingerprint density at radius 3 is 2.73 bits per heavy atom. The molecule has 0 spiro atoms. The fraction of sp³-hybridized carbons (Fsp3) is 0.471. The minimum absolute atomic E-state index is 0.228. The Kier molecular flexibility index (Phi) is 3.86. The Balaban J connectivity index is 1.77. The van der Waals surface area contributed by atoms with Crippen molar-refractivity contribution < 1.29 is 0 Å². The average Bonchev–Trinajstić information content (AvgIpc) is 3.26. The van der Waals surface area contributed by atoms with Crippen LogP contribution in [0.5, 0.6) is 0 Å². The third-order valence-corrected chi connectivity index (χ3v) is 5.58.